The van der Waals surface area contributed by atoms with E-state index >= 15 is 0 Å². The number of ether oxygens (including phenoxy) is 2. The van der Waals surface area contributed by atoms with E-state index in [9.17, 15) is 0 Å². The van der Waals surface area contributed by atoms with Gasteiger partial charge in [0.2, 0.25) is 0 Å². The van der Waals surface area contributed by atoms with E-state index < -0.39 is 0 Å². The van der Waals surface area contributed by atoms with Gasteiger partial charge >= 0.3 is 0 Å². The number of hydrogen-bond donors (Lipinski definition) is 1. The summed E-state index contributed by atoms with van der Waals surface area (Å²) in [6.07, 6.45) is 8.86. The zero-order chi connectivity index (χ0) is 18.8. The van der Waals surface area contributed by atoms with Gasteiger partial charge in [0.1, 0.15) is 23.6 Å². The van der Waals surface area contributed by atoms with Crippen LogP contribution in [0, 0.1) is 0 Å². The third kappa shape index (κ3) is 3.88. The molecular weight excluding hydrogens is 342 g/mol. The third-order valence-electron chi connectivity index (χ3n) is 4.76. The number of nitrogens with zero attached hydrogens (tertiary/aromatic N) is 4. The van der Waals surface area contributed by atoms with Crippen LogP contribution >= 0.6 is 0 Å². The van der Waals surface area contributed by atoms with E-state index in [0.29, 0.717) is 24.4 Å². The molecule has 142 valence electrons. The SMILES string of the molecule is C=C1/C=C(OC(C)C)\C=C/CNN=C1c1cc(N2C[C@@H]3CC2CO3)ncn1. The van der Waals surface area contributed by atoms with Crippen molar-refractivity contribution < 1.29 is 9.47 Å². The number of anilines is 1. The average Bonchev–Trinajstić information content (AvgIpc) is 3.28. The van der Waals surface area contributed by atoms with Crippen LogP contribution < -0.4 is 10.3 Å². The zero-order valence-corrected chi connectivity index (χ0v) is 15.8. The molecule has 4 rings (SSSR count). The van der Waals surface area contributed by atoms with Gasteiger partial charge in [0.15, 0.2) is 0 Å². The molecule has 7 nitrogen and oxygen atoms in total. The van der Waals surface area contributed by atoms with Crippen LogP contribution in [0.1, 0.15) is 26.0 Å². The Morgan fingerprint density at radius 2 is 2.26 bits per heavy atom. The maximum absolute atomic E-state index is 5.85. The Kier molecular flexibility index (Phi) is 4.94. The molecule has 3 aliphatic rings. The number of allylic oxidation sites excluding steroid dienone is 3. The van der Waals surface area contributed by atoms with Gasteiger partial charge in [-0.1, -0.05) is 12.7 Å². The Morgan fingerprint density at radius 3 is 3.00 bits per heavy atom. The topological polar surface area (TPSA) is 71.9 Å². The second-order valence-corrected chi connectivity index (χ2v) is 7.22. The van der Waals surface area contributed by atoms with E-state index in [1.807, 2.05) is 38.1 Å². The van der Waals surface area contributed by atoms with Gasteiger partial charge in [-0.15, -0.1) is 0 Å². The van der Waals surface area contributed by atoms with Crippen molar-refractivity contribution in [2.75, 3.05) is 24.6 Å². The number of nitrogens with one attached hydrogen (secondary N) is 1. The van der Waals surface area contributed by atoms with Gasteiger partial charge in [-0.3, -0.25) is 0 Å². The van der Waals surface area contributed by atoms with Crippen LogP contribution in [0.4, 0.5) is 5.82 Å². The summed E-state index contributed by atoms with van der Waals surface area (Å²) in [7, 11) is 0. The second kappa shape index (κ2) is 7.52. The number of fused-ring (bicyclic) bond motifs is 2. The van der Waals surface area contributed by atoms with Gasteiger partial charge in [-0.2, -0.15) is 5.10 Å². The maximum atomic E-state index is 5.85. The highest BCUT2D eigenvalue weighted by Crippen LogP contribution is 2.31. The highest BCUT2D eigenvalue weighted by Gasteiger charge is 2.39. The lowest BCUT2D eigenvalue weighted by Crippen LogP contribution is -2.37. The molecule has 4 heterocycles. The molecule has 0 saturated carbocycles. The Bertz CT molecular complexity index is 814. The van der Waals surface area contributed by atoms with Gasteiger partial charge in [0, 0.05) is 18.2 Å². The number of rotatable bonds is 4. The minimum Gasteiger partial charge on any atom is -0.491 e. The molecule has 27 heavy (non-hydrogen) atoms. The van der Waals surface area contributed by atoms with Crippen molar-refractivity contribution in [2.24, 2.45) is 5.10 Å². The van der Waals surface area contributed by atoms with Crippen LogP contribution in [-0.2, 0) is 9.47 Å². The lowest BCUT2D eigenvalue weighted by Gasteiger charge is -2.27. The summed E-state index contributed by atoms with van der Waals surface area (Å²) in [6, 6.07) is 2.38. The van der Waals surface area contributed by atoms with Crippen molar-refractivity contribution in [1.29, 1.82) is 0 Å². The van der Waals surface area contributed by atoms with E-state index in [-0.39, 0.29) is 6.10 Å². The standard InChI is InChI=1S/C20H25N5O2/c1-13(2)27-16-5-4-6-23-24-20(14(3)7-16)18-9-19(22-12-21-18)25-10-17-8-15(25)11-26-17/h4-5,7,9,12-13,15,17,23H,3,6,8,10-11H2,1-2H3/b5-4-,16-7+,24-20?/t15?,17-/m0/s1. The fourth-order valence-corrected chi connectivity index (χ4v) is 3.59. The molecule has 0 aliphatic carbocycles. The number of morpholine rings is 1. The fraction of sp³-hybridized carbons (Fsp3) is 0.450. The fourth-order valence-electron chi connectivity index (χ4n) is 3.59. The van der Waals surface area contributed by atoms with Crippen molar-refractivity contribution in [3.63, 3.8) is 0 Å². The zero-order valence-electron chi connectivity index (χ0n) is 15.8. The van der Waals surface area contributed by atoms with E-state index in [1.54, 1.807) is 6.33 Å². The molecule has 0 spiro atoms. The van der Waals surface area contributed by atoms with E-state index in [4.69, 9.17) is 9.47 Å². The highest BCUT2D eigenvalue weighted by atomic mass is 16.5. The summed E-state index contributed by atoms with van der Waals surface area (Å²) in [5.74, 6) is 1.67. The predicted octanol–water partition coefficient (Wildman–Crippen LogP) is 2.18. The molecule has 1 unspecified atom stereocenters. The van der Waals surface area contributed by atoms with Gasteiger partial charge in [0.05, 0.1) is 37.1 Å². The second-order valence-electron chi connectivity index (χ2n) is 7.22. The largest absolute Gasteiger partial charge is 0.491 e. The van der Waals surface area contributed by atoms with Crippen LogP contribution in [0.25, 0.3) is 0 Å². The number of aromatic nitrogens is 2. The van der Waals surface area contributed by atoms with Gasteiger partial charge in [0.25, 0.3) is 0 Å². The molecule has 2 bridgehead atoms. The van der Waals surface area contributed by atoms with Gasteiger partial charge in [-0.05, 0) is 32.4 Å². The van der Waals surface area contributed by atoms with E-state index in [0.717, 1.165) is 42.4 Å². The smallest absolute Gasteiger partial charge is 0.133 e. The monoisotopic (exact) mass is 367 g/mol. The minimum absolute atomic E-state index is 0.0845. The summed E-state index contributed by atoms with van der Waals surface area (Å²) < 4.78 is 11.5. The first-order valence-electron chi connectivity index (χ1n) is 9.35. The van der Waals surface area contributed by atoms with Crippen molar-refractivity contribution >= 4 is 11.5 Å². The molecule has 0 amide bonds. The maximum Gasteiger partial charge on any atom is 0.133 e. The Hall–Kier alpha value is -2.67. The molecule has 0 radical (unpaired) electrons. The van der Waals surface area contributed by atoms with E-state index in [2.05, 4.69) is 32.0 Å². The Morgan fingerprint density at radius 1 is 1.37 bits per heavy atom. The van der Waals surface area contributed by atoms with Gasteiger partial charge in [-0.25, -0.2) is 9.97 Å². The van der Waals surface area contributed by atoms with E-state index in [1.165, 1.54) is 0 Å². The minimum atomic E-state index is 0.0845. The summed E-state index contributed by atoms with van der Waals surface area (Å²) in [5.41, 5.74) is 5.22. The van der Waals surface area contributed by atoms with Crippen molar-refractivity contribution in [2.45, 2.75) is 38.5 Å². The summed E-state index contributed by atoms with van der Waals surface area (Å²) in [5, 5.41) is 4.51. The first-order chi connectivity index (χ1) is 13.1. The molecule has 7 heteroatoms. The molecule has 1 aromatic heterocycles. The highest BCUT2D eigenvalue weighted by molar-refractivity contribution is 6.13. The van der Waals surface area contributed by atoms with Gasteiger partial charge < -0.3 is 19.8 Å². The normalized spacial score (nSPS) is 28.0. The Labute approximate surface area is 159 Å². The molecule has 0 aromatic carbocycles. The van der Waals surface area contributed by atoms with Crippen LogP contribution in [0.2, 0.25) is 0 Å². The van der Waals surface area contributed by atoms with Crippen LogP contribution in [-0.4, -0.2) is 53.6 Å². The quantitative estimate of drug-likeness (QED) is 0.880. The molecule has 1 aromatic rings. The third-order valence-corrected chi connectivity index (χ3v) is 4.76. The molecule has 3 aliphatic heterocycles. The summed E-state index contributed by atoms with van der Waals surface area (Å²) in [4.78, 5) is 11.2. The first-order valence-corrected chi connectivity index (χ1v) is 9.35. The molecule has 2 saturated heterocycles. The predicted molar refractivity (Wildman–Crippen MR) is 105 cm³/mol. The summed E-state index contributed by atoms with van der Waals surface area (Å²) >= 11 is 0. The van der Waals surface area contributed by atoms with Crippen molar-refractivity contribution in [3.05, 3.63) is 54.2 Å². The van der Waals surface area contributed by atoms with Crippen LogP contribution in [0.3, 0.4) is 0 Å². The average molecular weight is 367 g/mol. The molecule has 2 fully saturated rings. The summed E-state index contributed by atoms with van der Waals surface area (Å²) in [6.45, 7) is 10.4. The van der Waals surface area contributed by atoms with Crippen LogP contribution in [0.15, 0.2) is 53.6 Å². The first kappa shape index (κ1) is 17.7. The Balaban J connectivity index is 1.61. The number of hydrazone groups is 1. The molecular formula is C20H25N5O2. The molecule has 2 atom stereocenters. The van der Waals surface area contributed by atoms with Crippen molar-refractivity contribution in [1.82, 2.24) is 15.4 Å². The number of hydrogen-bond acceptors (Lipinski definition) is 7. The van der Waals surface area contributed by atoms with Crippen LogP contribution in [0.5, 0.6) is 0 Å². The lowest BCUT2D eigenvalue weighted by atomic mass is 10.1. The lowest BCUT2D eigenvalue weighted by molar-refractivity contribution is 0.0989. The van der Waals surface area contributed by atoms with Crippen molar-refractivity contribution in [3.8, 4) is 0 Å². The molecule has 1 N–H and O–H groups in total.